The van der Waals surface area contributed by atoms with Crippen LogP contribution in [-0.4, -0.2) is 21.3 Å². The summed E-state index contributed by atoms with van der Waals surface area (Å²) in [5.41, 5.74) is 3.18. The Labute approximate surface area is 138 Å². The Morgan fingerprint density at radius 2 is 2.19 bits per heavy atom. The summed E-state index contributed by atoms with van der Waals surface area (Å²) in [4.78, 5) is 13.3. The Bertz CT molecular complexity index is 652. The molecule has 0 fully saturated rings. The van der Waals surface area contributed by atoms with E-state index in [4.69, 9.17) is 0 Å². The lowest BCUT2D eigenvalue weighted by Crippen LogP contribution is -2.10. The number of Topliss-reactive ketones (excluding diaryl/α,β-unsaturated/α-hetero) is 1. The van der Waals surface area contributed by atoms with Crippen LogP contribution in [0.1, 0.15) is 23.9 Å². The molecule has 0 aliphatic heterocycles. The van der Waals surface area contributed by atoms with Crippen molar-refractivity contribution < 1.29 is 4.79 Å². The van der Waals surface area contributed by atoms with Crippen molar-refractivity contribution in [2.45, 2.75) is 31.6 Å². The fourth-order valence-corrected chi connectivity index (χ4v) is 3.75. The van der Waals surface area contributed by atoms with Gasteiger partial charge in [-0.05, 0) is 41.4 Å². The van der Waals surface area contributed by atoms with Crippen molar-refractivity contribution in [2.75, 3.05) is 5.75 Å². The van der Waals surface area contributed by atoms with Gasteiger partial charge in [0.15, 0.2) is 0 Å². The molecule has 0 spiro atoms. The van der Waals surface area contributed by atoms with E-state index in [2.05, 4.69) is 47.0 Å². The van der Waals surface area contributed by atoms with Crippen molar-refractivity contribution in [3.63, 3.8) is 0 Å². The maximum absolute atomic E-state index is 12.2. The van der Waals surface area contributed by atoms with Gasteiger partial charge in [-0.2, -0.15) is 5.10 Å². The summed E-state index contributed by atoms with van der Waals surface area (Å²) in [5, 5.41) is 4.42. The normalized spacial score (nSPS) is 10.9. The largest absolute Gasteiger partial charge is 0.298 e. The minimum Gasteiger partial charge on any atom is -0.298 e. The van der Waals surface area contributed by atoms with Crippen LogP contribution >= 0.6 is 27.7 Å². The molecule has 0 saturated heterocycles. The second-order valence-electron chi connectivity index (χ2n) is 5.01. The van der Waals surface area contributed by atoms with E-state index in [9.17, 15) is 4.79 Å². The Hall–Kier alpha value is -1.07. The summed E-state index contributed by atoms with van der Waals surface area (Å²) in [6, 6.07) is 8.23. The smallest absolute Gasteiger partial charge is 0.149 e. The third-order valence-electron chi connectivity index (χ3n) is 3.26. The fourth-order valence-electron chi connectivity index (χ4n) is 2.12. The predicted octanol–water partition coefficient (Wildman–Crippen LogP) is 3.96. The van der Waals surface area contributed by atoms with E-state index in [1.807, 2.05) is 19.2 Å². The zero-order valence-electron chi connectivity index (χ0n) is 12.5. The van der Waals surface area contributed by atoms with Crippen LogP contribution in [0, 0.1) is 6.92 Å². The van der Waals surface area contributed by atoms with E-state index in [0.29, 0.717) is 12.2 Å². The maximum atomic E-state index is 12.2. The third kappa shape index (κ3) is 4.20. The van der Waals surface area contributed by atoms with Gasteiger partial charge in [-0.3, -0.25) is 9.48 Å². The van der Waals surface area contributed by atoms with Crippen molar-refractivity contribution in [2.24, 2.45) is 7.05 Å². The number of nitrogens with zero attached hydrogens (tertiary/aromatic N) is 2. The Balaban J connectivity index is 1.98. The molecule has 1 aromatic carbocycles. The number of halogens is 1. The molecular weight excluding hydrogens is 348 g/mol. The van der Waals surface area contributed by atoms with E-state index >= 15 is 0 Å². The first-order valence-corrected chi connectivity index (χ1v) is 8.70. The highest BCUT2D eigenvalue weighted by Crippen LogP contribution is 2.24. The van der Waals surface area contributed by atoms with Gasteiger partial charge < -0.3 is 0 Å². The lowest BCUT2D eigenvalue weighted by Gasteiger charge is -2.04. The van der Waals surface area contributed by atoms with Crippen LogP contribution in [0.15, 0.2) is 33.6 Å². The number of aromatic nitrogens is 2. The standard InChI is InChI=1S/C16H19BrN2OS/c1-4-14-16(17)15(19(3)18-14)9-12(20)10-21-13-7-5-6-11(2)8-13/h5-8H,4,9-10H2,1-3H3. The van der Waals surface area contributed by atoms with Crippen LogP contribution < -0.4 is 0 Å². The molecule has 1 heterocycles. The summed E-state index contributed by atoms with van der Waals surface area (Å²) in [6.07, 6.45) is 1.28. The van der Waals surface area contributed by atoms with Crippen molar-refractivity contribution in [3.8, 4) is 0 Å². The number of thioether (sulfide) groups is 1. The number of hydrogen-bond acceptors (Lipinski definition) is 3. The second-order valence-corrected chi connectivity index (χ2v) is 6.85. The van der Waals surface area contributed by atoms with Gasteiger partial charge in [-0.25, -0.2) is 0 Å². The van der Waals surface area contributed by atoms with E-state index in [1.54, 1.807) is 16.4 Å². The number of rotatable bonds is 6. The zero-order valence-corrected chi connectivity index (χ0v) is 14.9. The van der Waals surface area contributed by atoms with E-state index in [-0.39, 0.29) is 5.78 Å². The number of ketones is 1. The number of benzene rings is 1. The fraction of sp³-hybridized carbons (Fsp3) is 0.375. The molecule has 3 nitrogen and oxygen atoms in total. The summed E-state index contributed by atoms with van der Waals surface area (Å²) < 4.78 is 2.78. The number of carbonyl (C=O) groups is 1. The minimum atomic E-state index is 0.216. The lowest BCUT2D eigenvalue weighted by molar-refractivity contribution is -0.116. The molecule has 21 heavy (non-hydrogen) atoms. The highest BCUT2D eigenvalue weighted by atomic mass is 79.9. The molecule has 0 N–H and O–H groups in total. The van der Waals surface area contributed by atoms with Gasteiger partial charge in [-0.15, -0.1) is 11.8 Å². The molecule has 0 aliphatic rings. The predicted molar refractivity (Wildman–Crippen MR) is 90.9 cm³/mol. The quantitative estimate of drug-likeness (QED) is 0.725. The van der Waals surface area contributed by atoms with Gasteiger partial charge in [0.25, 0.3) is 0 Å². The first-order valence-electron chi connectivity index (χ1n) is 6.92. The van der Waals surface area contributed by atoms with Gasteiger partial charge in [0.2, 0.25) is 0 Å². The first-order chi connectivity index (χ1) is 10.0. The van der Waals surface area contributed by atoms with Crippen LogP contribution in [0.3, 0.4) is 0 Å². The van der Waals surface area contributed by atoms with E-state index in [1.165, 1.54) is 5.56 Å². The summed E-state index contributed by atoms with van der Waals surface area (Å²) in [7, 11) is 1.89. The number of hydrogen-bond donors (Lipinski definition) is 0. The Morgan fingerprint density at radius 1 is 1.43 bits per heavy atom. The van der Waals surface area contributed by atoms with Crippen molar-refractivity contribution in [3.05, 3.63) is 45.7 Å². The van der Waals surface area contributed by atoms with Crippen LogP contribution in [0.5, 0.6) is 0 Å². The van der Waals surface area contributed by atoms with Crippen LogP contribution in [0.4, 0.5) is 0 Å². The number of carbonyl (C=O) groups excluding carboxylic acids is 1. The monoisotopic (exact) mass is 366 g/mol. The highest BCUT2D eigenvalue weighted by Gasteiger charge is 2.15. The summed E-state index contributed by atoms with van der Waals surface area (Å²) in [5.74, 6) is 0.704. The summed E-state index contributed by atoms with van der Waals surface area (Å²) in [6.45, 7) is 4.12. The number of aryl methyl sites for hydroxylation is 3. The third-order valence-corrected chi connectivity index (χ3v) is 5.23. The second kappa shape index (κ2) is 7.27. The van der Waals surface area contributed by atoms with Gasteiger partial charge >= 0.3 is 0 Å². The molecule has 5 heteroatoms. The molecular formula is C16H19BrN2OS. The van der Waals surface area contributed by atoms with Gasteiger partial charge in [-0.1, -0.05) is 24.6 Å². The maximum Gasteiger partial charge on any atom is 0.149 e. The molecule has 0 aliphatic carbocycles. The van der Waals surface area contributed by atoms with Crippen molar-refractivity contribution in [1.29, 1.82) is 0 Å². The minimum absolute atomic E-state index is 0.216. The average molecular weight is 367 g/mol. The van der Waals surface area contributed by atoms with Gasteiger partial charge in [0, 0.05) is 11.9 Å². The molecule has 0 bridgehead atoms. The van der Waals surface area contributed by atoms with E-state index in [0.717, 1.165) is 27.2 Å². The van der Waals surface area contributed by atoms with Crippen LogP contribution in [0.25, 0.3) is 0 Å². The molecule has 1 aromatic heterocycles. The highest BCUT2D eigenvalue weighted by molar-refractivity contribution is 9.10. The van der Waals surface area contributed by atoms with Crippen molar-refractivity contribution in [1.82, 2.24) is 9.78 Å². The average Bonchev–Trinajstić information content (AvgIpc) is 2.72. The first kappa shape index (κ1) is 16.3. The molecule has 2 rings (SSSR count). The molecule has 112 valence electrons. The summed E-state index contributed by atoms with van der Waals surface area (Å²) >= 11 is 5.15. The molecule has 0 saturated carbocycles. The molecule has 0 atom stereocenters. The zero-order chi connectivity index (χ0) is 15.4. The topological polar surface area (TPSA) is 34.9 Å². The van der Waals surface area contributed by atoms with Crippen LogP contribution in [0.2, 0.25) is 0 Å². The van der Waals surface area contributed by atoms with Gasteiger partial charge in [0.05, 0.1) is 28.0 Å². The molecule has 2 aromatic rings. The molecule has 0 unspecified atom stereocenters. The van der Waals surface area contributed by atoms with Crippen molar-refractivity contribution >= 4 is 33.5 Å². The Kier molecular flexibility index (Phi) is 5.65. The lowest BCUT2D eigenvalue weighted by atomic mass is 10.2. The molecule has 0 amide bonds. The van der Waals surface area contributed by atoms with Gasteiger partial charge in [0.1, 0.15) is 5.78 Å². The SMILES string of the molecule is CCc1nn(C)c(CC(=O)CSc2cccc(C)c2)c1Br. The molecule has 0 radical (unpaired) electrons. The van der Waals surface area contributed by atoms with E-state index < -0.39 is 0 Å². The van der Waals surface area contributed by atoms with Crippen LogP contribution in [-0.2, 0) is 24.7 Å². The Morgan fingerprint density at radius 3 is 2.81 bits per heavy atom.